The maximum absolute atomic E-state index is 12.8. The van der Waals surface area contributed by atoms with Crippen molar-refractivity contribution in [1.82, 2.24) is 0 Å². The zero-order valence-corrected chi connectivity index (χ0v) is 13.9. The Bertz CT molecular complexity index is 643. The molecule has 0 saturated heterocycles. The number of benzene rings is 2. The number of rotatable bonds is 6. The van der Waals surface area contributed by atoms with E-state index in [2.05, 4.69) is 10.6 Å². The fraction of sp³-hybridized carbons (Fsp3) is 0.176. The van der Waals surface area contributed by atoms with Crippen molar-refractivity contribution in [3.05, 3.63) is 59.4 Å². The summed E-state index contributed by atoms with van der Waals surface area (Å²) in [4.78, 5) is 24.6. The third-order valence-electron chi connectivity index (χ3n) is 3.18. The summed E-state index contributed by atoms with van der Waals surface area (Å²) in [6.07, 6.45) is 0. The van der Waals surface area contributed by atoms with Crippen molar-refractivity contribution >= 4 is 34.8 Å². The van der Waals surface area contributed by atoms with Crippen LogP contribution in [0.5, 0.6) is 0 Å². The van der Waals surface area contributed by atoms with E-state index in [-0.39, 0.29) is 30.7 Å². The molecule has 2 aromatic carbocycles. The Balaban J connectivity index is 1.78. The van der Waals surface area contributed by atoms with E-state index in [9.17, 15) is 14.0 Å². The fourth-order valence-corrected chi connectivity index (χ4v) is 2.21. The predicted molar refractivity (Wildman–Crippen MR) is 91.7 cm³/mol. The largest absolute Gasteiger partial charge is 0.322 e. The lowest BCUT2D eigenvalue weighted by molar-refractivity contribution is -0.862. The molecular formula is C17H18ClFN3O2+. The lowest BCUT2D eigenvalue weighted by Crippen LogP contribution is -3.11. The maximum Gasteiger partial charge on any atom is 0.279 e. The van der Waals surface area contributed by atoms with E-state index < -0.39 is 0 Å². The van der Waals surface area contributed by atoms with Gasteiger partial charge in [-0.15, -0.1) is 0 Å². The van der Waals surface area contributed by atoms with Gasteiger partial charge in [0.2, 0.25) is 0 Å². The molecule has 0 spiro atoms. The highest BCUT2D eigenvalue weighted by atomic mass is 35.5. The number of carbonyl (C=O) groups excluding carboxylic acids is 2. The van der Waals surface area contributed by atoms with Gasteiger partial charge < -0.3 is 15.5 Å². The number of anilines is 2. The number of hydrogen-bond donors (Lipinski definition) is 3. The van der Waals surface area contributed by atoms with Gasteiger partial charge >= 0.3 is 0 Å². The van der Waals surface area contributed by atoms with E-state index in [1.807, 2.05) is 0 Å². The zero-order chi connectivity index (χ0) is 17.5. The average molecular weight is 351 g/mol. The van der Waals surface area contributed by atoms with Crippen LogP contribution in [0.25, 0.3) is 0 Å². The summed E-state index contributed by atoms with van der Waals surface area (Å²) >= 11 is 5.78. The summed E-state index contributed by atoms with van der Waals surface area (Å²) in [5, 5.41) is 5.98. The fourth-order valence-electron chi connectivity index (χ4n) is 2.09. The second kappa shape index (κ2) is 8.42. The Hall–Kier alpha value is -2.44. The minimum absolute atomic E-state index is 0.116. The van der Waals surface area contributed by atoms with E-state index in [1.54, 1.807) is 31.3 Å². The molecule has 7 heteroatoms. The number of quaternary nitrogens is 1. The minimum atomic E-state index is -0.366. The Morgan fingerprint density at radius 1 is 0.917 bits per heavy atom. The highest BCUT2D eigenvalue weighted by Gasteiger charge is 2.14. The first-order valence-electron chi connectivity index (χ1n) is 7.34. The highest BCUT2D eigenvalue weighted by Crippen LogP contribution is 2.12. The van der Waals surface area contributed by atoms with Crippen LogP contribution in [0, 0.1) is 5.82 Å². The van der Waals surface area contributed by atoms with Crippen molar-refractivity contribution in [3.8, 4) is 0 Å². The number of halogens is 2. The zero-order valence-electron chi connectivity index (χ0n) is 13.1. The van der Waals surface area contributed by atoms with Crippen molar-refractivity contribution in [2.75, 3.05) is 30.8 Å². The molecule has 2 rings (SSSR count). The Labute approximate surface area is 144 Å². The number of amides is 2. The van der Waals surface area contributed by atoms with Crippen LogP contribution in [-0.2, 0) is 9.59 Å². The van der Waals surface area contributed by atoms with Crippen LogP contribution >= 0.6 is 11.6 Å². The van der Waals surface area contributed by atoms with Crippen LogP contribution in [0.2, 0.25) is 5.02 Å². The Kier molecular flexibility index (Phi) is 6.28. The first kappa shape index (κ1) is 17.9. The topological polar surface area (TPSA) is 62.6 Å². The van der Waals surface area contributed by atoms with Crippen LogP contribution in [0.3, 0.4) is 0 Å². The van der Waals surface area contributed by atoms with Gasteiger partial charge in [0.25, 0.3) is 11.8 Å². The van der Waals surface area contributed by atoms with Gasteiger partial charge in [0.1, 0.15) is 5.82 Å². The lowest BCUT2D eigenvalue weighted by atomic mass is 10.3. The van der Waals surface area contributed by atoms with Gasteiger partial charge in [0, 0.05) is 16.4 Å². The molecule has 0 aliphatic rings. The van der Waals surface area contributed by atoms with Gasteiger partial charge in [0.05, 0.1) is 7.05 Å². The molecule has 1 atom stereocenters. The molecular weight excluding hydrogens is 333 g/mol. The quantitative estimate of drug-likeness (QED) is 0.740. The molecule has 24 heavy (non-hydrogen) atoms. The Morgan fingerprint density at radius 2 is 1.33 bits per heavy atom. The molecule has 0 radical (unpaired) electrons. The Morgan fingerprint density at radius 3 is 1.79 bits per heavy atom. The number of carbonyl (C=O) groups is 2. The third kappa shape index (κ3) is 5.98. The van der Waals surface area contributed by atoms with E-state index in [4.69, 9.17) is 11.6 Å². The second-order valence-electron chi connectivity index (χ2n) is 5.42. The van der Waals surface area contributed by atoms with Crippen LogP contribution < -0.4 is 15.5 Å². The van der Waals surface area contributed by atoms with E-state index in [0.29, 0.717) is 16.4 Å². The van der Waals surface area contributed by atoms with Crippen LogP contribution in [0.15, 0.2) is 48.5 Å². The molecule has 0 saturated carbocycles. The van der Waals surface area contributed by atoms with Crippen LogP contribution in [0.1, 0.15) is 0 Å². The van der Waals surface area contributed by atoms with Gasteiger partial charge in [0.15, 0.2) is 13.1 Å². The van der Waals surface area contributed by atoms with Crippen LogP contribution in [-0.4, -0.2) is 32.0 Å². The summed E-state index contributed by atoms with van der Waals surface area (Å²) in [5.74, 6) is -0.822. The molecule has 126 valence electrons. The van der Waals surface area contributed by atoms with Crippen molar-refractivity contribution in [2.24, 2.45) is 0 Å². The molecule has 0 aliphatic heterocycles. The van der Waals surface area contributed by atoms with Gasteiger partial charge in [-0.1, -0.05) is 11.6 Å². The molecule has 2 amide bonds. The lowest BCUT2D eigenvalue weighted by Gasteiger charge is -2.14. The summed E-state index contributed by atoms with van der Waals surface area (Å²) in [6.45, 7) is 0.255. The monoisotopic (exact) mass is 350 g/mol. The molecule has 3 N–H and O–H groups in total. The van der Waals surface area contributed by atoms with E-state index in [1.165, 1.54) is 24.3 Å². The summed E-state index contributed by atoms with van der Waals surface area (Å²) in [5.41, 5.74) is 1.16. The molecule has 0 heterocycles. The van der Waals surface area contributed by atoms with Crippen molar-refractivity contribution in [2.45, 2.75) is 0 Å². The summed E-state index contributed by atoms with van der Waals surface area (Å²) < 4.78 is 12.8. The highest BCUT2D eigenvalue weighted by molar-refractivity contribution is 6.30. The van der Waals surface area contributed by atoms with Crippen molar-refractivity contribution in [3.63, 3.8) is 0 Å². The van der Waals surface area contributed by atoms with Crippen molar-refractivity contribution in [1.29, 1.82) is 0 Å². The average Bonchev–Trinajstić information content (AvgIpc) is 2.51. The summed E-state index contributed by atoms with van der Waals surface area (Å²) in [7, 11) is 1.74. The van der Waals surface area contributed by atoms with Gasteiger partial charge in [-0.3, -0.25) is 9.59 Å². The molecule has 0 aliphatic carbocycles. The minimum Gasteiger partial charge on any atom is -0.322 e. The van der Waals surface area contributed by atoms with Gasteiger partial charge in [-0.25, -0.2) is 4.39 Å². The second-order valence-corrected chi connectivity index (χ2v) is 5.86. The third-order valence-corrected chi connectivity index (χ3v) is 3.43. The van der Waals surface area contributed by atoms with E-state index >= 15 is 0 Å². The molecule has 0 aromatic heterocycles. The molecule has 5 nitrogen and oxygen atoms in total. The SMILES string of the molecule is C[NH+](CC(=O)Nc1ccc(F)cc1)CC(=O)Nc1ccc(Cl)cc1. The standard InChI is InChI=1S/C17H17ClFN3O2/c1-22(10-16(23)20-14-6-2-12(18)3-7-14)11-17(24)21-15-8-4-13(19)5-9-15/h2-9H,10-11H2,1H3,(H,20,23)(H,21,24)/p+1. The smallest absolute Gasteiger partial charge is 0.279 e. The summed E-state index contributed by atoms with van der Waals surface area (Å²) in [6, 6.07) is 12.3. The number of hydrogen-bond acceptors (Lipinski definition) is 2. The van der Waals surface area contributed by atoms with Gasteiger partial charge in [-0.05, 0) is 48.5 Å². The van der Waals surface area contributed by atoms with Crippen LogP contribution in [0.4, 0.5) is 15.8 Å². The maximum atomic E-state index is 12.8. The molecule has 0 fully saturated rings. The molecule has 0 bridgehead atoms. The van der Waals surface area contributed by atoms with Gasteiger partial charge in [-0.2, -0.15) is 0 Å². The normalized spacial score (nSPS) is 11.6. The number of likely N-dealkylation sites (N-methyl/N-ethyl adjacent to an activating group) is 1. The molecule has 1 unspecified atom stereocenters. The van der Waals surface area contributed by atoms with E-state index in [0.717, 1.165) is 4.90 Å². The predicted octanol–water partition coefficient (Wildman–Crippen LogP) is 1.57. The number of nitrogens with one attached hydrogen (secondary N) is 3. The van der Waals surface area contributed by atoms with Crippen molar-refractivity contribution < 1.29 is 18.9 Å². The first-order chi connectivity index (χ1) is 11.4. The molecule has 2 aromatic rings. The first-order valence-corrected chi connectivity index (χ1v) is 7.72.